The summed E-state index contributed by atoms with van der Waals surface area (Å²) in [4.78, 5) is 0. The van der Waals surface area contributed by atoms with Crippen LogP contribution in [0.4, 0.5) is 0 Å². The SMILES string of the molecule is Clc1ccc2c(c1Cl)OCOC2. The van der Waals surface area contributed by atoms with E-state index in [0.717, 1.165) is 5.56 Å². The molecule has 0 saturated heterocycles. The van der Waals surface area contributed by atoms with Crippen LogP contribution in [0.1, 0.15) is 5.56 Å². The Labute approximate surface area is 80.0 Å². The van der Waals surface area contributed by atoms with E-state index >= 15 is 0 Å². The third-order valence-corrected chi connectivity index (χ3v) is 2.46. The van der Waals surface area contributed by atoms with E-state index in [1.165, 1.54) is 0 Å². The Morgan fingerprint density at radius 1 is 1.25 bits per heavy atom. The molecule has 1 aromatic carbocycles. The number of fused-ring (bicyclic) bond motifs is 1. The molecule has 0 aromatic heterocycles. The van der Waals surface area contributed by atoms with Crippen molar-refractivity contribution < 1.29 is 9.47 Å². The lowest BCUT2D eigenvalue weighted by molar-refractivity contribution is -0.0162. The second-order valence-corrected chi connectivity index (χ2v) is 3.25. The van der Waals surface area contributed by atoms with Crippen LogP contribution in [-0.4, -0.2) is 6.79 Å². The highest BCUT2D eigenvalue weighted by atomic mass is 35.5. The largest absolute Gasteiger partial charge is 0.466 e. The van der Waals surface area contributed by atoms with Gasteiger partial charge in [0.1, 0.15) is 10.8 Å². The van der Waals surface area contributed by atoms with Crippen LogP contribution in [-0.2, 0) is 11.3 Å². The fourth-order valence-electron chi connectivity index (χ4n) is 1.09. The van der Waals surface area contributed by atoms with E-state index in [0.29, 0.717) is 22.4 Å². The maximum atomic E-state index is 5.90. The van der Waals surface area contributed by atoms with Gasteiger partial charge < -0.3 is 9.47 Å². The van der Waals surface area contributed by atoms with Crippen molar-refractivity contribution in [1.29, 1.82) is 0 Å². The van der Waals surface area contributed by atoms with Crippen molar-refractivity contribution in [3.8, 4) is 5.75 Å². The van der Waals surface area contributed by atoms with E-state index in [2.05, 4.69) is 0 Å². The van der Waals surface area contributed by atoms with E-state index in [1.54, 1.807) is 6.07 Å². The summed E-state index contributed by atoms with van der Waals surface area (Å²) in [6.07, 6.45) is 0. The van der Waals surface area contributed by atoms with Crippen LogP contribution >= 0.6 is 23.2 Å². The highest BCUT2D eigenvalue weighted by molar-refractivity contribution is 6.43. The standard InChI is InChI=1S/C8H6Cl2O2/c9-6-2-1-5-3-11-4-12-8(5)7(6)10/h1-2H,3-4H2. The summed E-state index contributed by atoms with van der Waals surface area (Å²) in [5, 5.41) is 0.981. The van der Waals surface area contributed by atoms with Crippen LogP contribution in [0.25, 0.3) is 0 Å². The number of benzene rings is 1. The van der Waals surface area contributed by atoms with Gasteiger partial charge in [-0.15, -0.1) is 0 Å². The monoisotopic (exact) mass is 204 g/mol. The topological polar surface area (TPSA) is 18.5 Å². The molecule has 64 valence electrons. The smallest absolute Gasteiger partial charge is 0.189 e. The third-order valence-electron chi connectivity index (χ3n) is 1.68. The molecule has 0 saturated carbocycles. The van der Waals surface area contributed by atoms with Crippen molar-refractivity contribution in [3.05, 3.63) is 27.7 Å². The Morgan fingerprint density at radius 3 is 2.92 bits per heavy atom. The van der Waals surface area contributed by atoms with Crippen LogP contribution in [0.5, 0.6) is 5.75 Å². The Morgan fingerprint density at radius 2 is 2.08 bits per heavy atom. The van der Waals surface area contributed by atoms with Crippen molar-refractivity contribution in [1.82, 2.24) is 0 Å². The minimum absolute atomic E-state index is 0.243. The summed E-state index contributed by atoms with van der Waals surface area (Å²) in [6, 6.07) is 3.59. The van der Waals surface area contributed by atoms with Crippen LogP contribution in [0.2, 0.25) is 10.0 Å². The molecule has 1 aromatic rings. The molecule has 0 unspecified atom stereocenters. The van der Waals surface area contributed by atoms with E-state index in [4.69, 9.17) is 32.7 Å². The first kappa shape index (κ1) is 8.17. The summed E-state index contributed by atoms with van der Waals surface area (Å²) < 4.78 is 10.3. The summed E-state index contributed by atoms with van der Waals surface area (Å²) in [7, 11) is 0. The highest BCUT2D eigenvalue weighted by Crippen LogP contribution is 2.36. The quantitative estimate of drug-likeness (QED) is 0.648. The lowest BCUT2D eigenvalue weighted by Gasteiger charge is -2.18. The zero-order valence-corrected chi connectivity index (χ0v) is 7.65. The molecule has 0 N–H and O–H groups in total. The second-order valence-electron chi connectivity index (χ2n) is 2.46. The maximum absolute atomic E-state index is 5.90. The van der Waals surface area contributed by atoms with E-state index in [-0.39, 0.29) is 6.79 Å². The molecule has 2 nitrogen and oxygen atoms in total. The lowest BCUT2D eigenvalue weighted by Crippen LogP contribution is -2.11. The summed E-state index contributed by atoms with van der Waals surface area (Å²) >= 11 is 11.7. The van der Waals surface area contributed by atoms with Gasteiger partial charge in [0.25, 0.3) is 0 Å². The van der Waals surface area contributed by atoms with Crippen molar-refractivity contribution in [2.24, 2.45) is 0 Å². The molecule has 0 spiro atoms. The Balaban J connectivity index is 2.54. The minimum atomic E-state index is 0.243. The van der Waals surface area contributed by atoms with Crippen molar-refractivity contribution >= 4 is 23.2 Å². The molecule has 0 aliphatic carbocycles. The molecule has 4 heteroatoms. The summed E-state index contributed by atoms with van der Waals surface area (Å²) in [6.45, 7) is 0.777. The Kier molecular flexibility index (Phi) is 2.13. The molecule has 0 atom stereocenters. The van der Waals surface area contributed by atoms with E-state index in [1.807, 2.05) is 6.07 Å². The molecule has 2 rings (SSSR count). The van der Waals surface area contributed by atoms with Crippen LogP contribution in [0, 0.1) is 0 Å². The van der Waals surface area contributed by atoms with Crippen LogP contribution < -0.4 is 4.74 Å². The molecule has 1 aliphatic heterocycles. The highest BCUT2D eigenvalue weighted by Gasteiger charge is 2.15. The number of halogens is 2. The van der Waals surface area contributed by atoms with Crippen LogP contribution in [0.15, 0.2) is 12.1 Å². The van der Waals surface area contributed by atoms with Gasteiger partial charge in [-0.1, -0.05) is 29.3 Å². The zero-order valence-electron chi connectivity index (χ0n) is 6.14. The maximum Gasteiger partial charge on any atom is 0.189 e. The lowest BCUT2D eigenvalue weighted by atomic mass is 10.2. The molecule has 0 fully saturated rings. The third kappa shape index (κ3) is 1.26. The zero-order chi connectivity index (χ0) is 8.55. The predicted molar refractivity (Wildman–Crippen MR) is 46.7 cm³/mol. The van der Waals surface area contributed by atoms with Crippen molar-refractivity contribution in [2.45, 2.75) is 6.61 Å². The van der Waals surface area contributed by atoms with Gasteiger partial charge in [-0.25, -0.2) is 0 Å². The first-order chi connectivity index (χ1) is 5.79. The molecular weight excluding hydrogens is 199 g/mol. The van der Waals surface area contributed by atoms with Gasteiger partial charge in [0.05, 0.1) is 11.6 Å². The van der Waals surface area contributed by atoms with E-state index in [9.17, 15) is 0 Å². The van der Waals surface area contributed by atoms with Gasteiger partial charge in [-0.05, 0) is 6.07 Å². The van der Waals surface area contributed by atoms with Crippen LogP contribution in [0.3, 0.4) is 0 Å². The summed E-state index contributed by atoms with van der Waals surface area (Å²) in [5.41, 5.74) is 0.940. The fraction of sp³-hybridized carbons (Fsp3) is 0.250. The molecule has 0 radical (unpaired) electrons. The predicted octanol–water partition coefficient (Wildman–Crippen LogP) is 2.86. The normalized spacial score (nSPS) is 15.2. The van der Waals surface area contributed by atoms with Gasteiger partial charge in [-0.2, -0.15) is 0 Å². The Hall–Kier alpha value is -0.440. The molecule has 1 aliphatic rings. The first-order valence-electron chi connectivity index (χ1n) is 3.46. The van der Waals surface area contributed by atoms with Gasteiger partial charge in [0.15, 0.2) is 6.79 Å². The Bertz CT molecular complexity index is 312. The van der Waals surface area contributed by atoms with Gasteiger partial charge in [0.2, 0.25) is 0 Å². The number of hydrogen-bond acceptors (Lipinski definition) is 2. The van der Waals surface area contributed by atoms with Gasteiger partial charge in [-0.3, -0.25) is 0 Å². The number of rotatable bonds is 0. The molecule has 1 heterocycles. The average Bonchev–Trinajstić information content (AvgIpc) is 2.12. The fourth-order valence-corrected chi connectivity index (χ4v) is 1.48. The average molecular weight is 205 g/mol. The minimum Gasteiger partial charge on any atom is -0.466 e. The molecule has 0 bridgehead atoms. The van der Waals surface area contributed by atoms with E-state index < -0.39 is 0 Å². The molecule has 12 heavy (non-hydrogen) atoms. The van der Waals surface area contributed by atoms with Crippen molar-refractivity contribution in [3.63, 3.8) is 0 Å². The van der Waals surface area contributed by atoms with Gasteiger partial charge in [0, 0.05) is 5.56 Å². The number of ether oxygens (including phenoxy) is 2. The number of hydrogen-bond donors (Lipinski definition) is 0. The molecular formula is C8H6Cl2O2. The summed E-state index contributed by atoms with van der Waals surface area (Å²) in [5.74, 6) is 0.649. The first-order valence-corrected chi connectivity index (χ1v) is 4.22. The van der Waals surface area contributed by atoms with Crippen molar-refractivity contribution in [2.75, 3.05) is 6.79 Å². The molecule has 0 amide bonds. The second kappa shape index (κ2) is 3.13. The van der Waals surface area contributed by atoms with Gasteiger partial charge >= 0.3 is 0 Å².